The van der Waals surface area contributed by atoms with Gasteiger partial charge in [-0.1, -0.05) is 24.3 Å². The quantitative estimate of drug-likeness (QED) is 0.532. The first-order valence-corrected chi connectivity index (χ1v) is 7.24. The molecule has 1 aliphatic carbocycles. The number of ether oxygens (including phenoxy) is 2. The Balaban J connectivity index is 1.97. The van der Waals surface area contributed by atoms with Crippen molar-refractivity contribution in [1.29, 1.82) is 0 Å². The third-order valence-electron chi connectivity index (χ3n) is 3.60. The average Bonchev–Trinajstić information content (AvgIpc) is 2.59. The fourth-order valence-corrected chi connectivity index (χ4v) is 2.51. The Morgan fingerprint density at radius 1 is 0.875 bits per heavy atom. The molecule has 0 spiro atoms. The molecule has 0 unspecified atom stereocenters. The zero-order chi connectivity index (χ0) is 17.3. The van der Waals surface area contributed by atoms with Gasteiger partial charge in [0.1, 0.15) is 0 Å². The first kappa shape index (κ1) is 15.6. The lowest BCUT2D eigenvalue weighted by Gasteiger charge is -2.17. The first-order valence-electron chi connectivity index (χ1n) is 7.24. The van der Waals surface area contributed by atoms with E-state index in [1.54, 1.807) is 31.2 Å². The van der Waals surface area contributed by atoms with E-state index in [-0.39, 0.29) is 40.4 Å². The molecular formula is C18H12O6. The molecular weight excluding hydrogens is 312 g/mol. The van der Waals surface area contributed by atoms with Crippen molar-refractivity contribution in [2.24, 2.45) is 0 Å². The minimum absolute atomic E-state index is 0.0117. The third-order valence-corrected chi connectivity index (χ3v) is 3.60. The van der Waals surface area contributed by atoms with E-state index in [0.717, 1.165) is 0 Å². The van der Waals surface area contributed by atoms with E-state index >= 15 is 0 Å². The number of benzene rings is 2. The molecule has 0 heterocycles. The summed E-state index contributed by atoms with van der Waals surface area (Å²) < 4.78 is 9.03. The summed E-state index contributed by atoms with van der Waals surface area (Å²) in [6, 6.07) is 10.5. The van der Waals surface area contributed by atoms with Gasteiger partial charge in [-0.05, 0) is 25.1 Å². The maximum absolute atomic E-state index is 12.6. The lowest BCUT2D eigenvalue weighted by atomic mass is 9.83. The van der Waals surface area contributed by atoms with Gasteiger partial charge in [0.15, 0.2) is 11.6 Å². The van der Waals surface area contributed by atoms with E-state index in [1.165, 1.54) is 18.2 Å². The van der Waals surface area contributed by atoms with Crippen LogP contribution in [-0.2, 0) is 9.47 Å². The zero-order valence-electron chi connectivity index (χ0n) is 12.7. The second kappa shape index (κ2) is 6.08. The molecule has 6 nitrogen and oxygen atoms in total. The molecule has 6 heteroatoms. The van der Waals surface area contributed by atoms with Gasteiger partial charge in [-0.15, -0.1) is 0 Å². The standard InChI is InChI=1S/C18H12O6/c1-2-23-18(22)24-17(21)10-7-8-13-14(9-10)16(20)12-6-4-3-5-11(12)15(13)19/h3-9H,2H2,1H3. The summed E-state index contributed by atoms with van der Waals surface area (Å²) in [6.45, 7) is 1.65. The molecule has 0 radical (unpaired) electrons. The zero-order valence-corrected chi connectivity index (χ0v) is 12.7. The highest BCUT2D eigenvalue weighted by molar-refractivity contribution is 6.28. The summed E-state index contributed by atoms with van der Waals surface area (Å²) in [6.07, 6.45) is -1.12. The SMILES string of the molecule is CCOC(=O)OC(=O)c1ccc2c(c1)C(=O)c1ccccc1C2=O. The monoisotopic (exact) mass is 324 g/mol. The summed E-state index contributed by atoms with van der Waals surface area (Å²) in [5.41, 5.74) is 0.925. The van der Waals surface area contributed by atoms with Crippen LogP contribution in [0.4, 0.5) is 4.79 Å². The van der Waals surface area contributed by atoms with Crippen LogP contribution in [0.5, 0.6) is 0 Å². The molecule has 2 aromatic carbocycles. The minimum Gasteiger partial charge on any atom is -0.434 e. The molecule has 0 N–H and O–H groups in total. The molecule has 0 bridgehead atoms. The number of carbonyl (C=O) groups excluding carboxylic acids is 4. The van der Waals surface area contributed by atoms with Gasteiger partial charge in [0.2, 0.25) is 0 Å². The van der Waals surface area contributed by atoms with Crippen molar-refractivity contribution in [3.63, 3.8) is 0 Å². The maximum Gasteiger partial charge on any atom is 0.516 e. The smallest absolute Gasteiger partial charge is 0.434 e. The minimum atomic E-state index is -1.12. The van der Waals surface area contributed by atoms with Crippen LogP contribution >= 0.6 is 0 Å². The van der Waals surface area contributed by atoms with Gasteiger partial charge in [-0.2, -0.15) is 0 Å². The summed E-state index contributed by atoms with van der Waals surface area (Å²) in [7, 11) is 0. The molecule has 24 heavy (non-hydrogen) atoms. The van der Waals surface area contributed by atoms with Gasteiger partial charge in [0.25, 0.3) is 0 Å². The van der Waals surface area contributed by atoms with Crippen LogP contribution < -0.4 is 0 Å². The number of esters is 1. The van der Waals surface area contributed by atoms with Crippen LogP contribution in [0.25, 0.3) is 0 Å². The van der Waals surface area contributed by atoms with E-state index in [2.05, 4.69) is 9.47 Å². The summed E-state index contributed by atoms with van der Waals surface area (Å²) in [4.78, 5) is 48.2. The van der Waals surface area contributed by atoms with Crippen molar-refractivity contribution < 1.29 is 28.7 Å². The Bertz CT molecular complexity index is 881. The van der Waals surface area contributed by atoms with Gasteiger partial charge in [-0.3, -0.25) is 9.59 Å². The van der Waals surface area contributed by atoms with Crippen LogP contribution in [0.1, 0.15) is 49.1 Å². The van der Waals surface area contributed by atoms with E-state index in [0.29, 0.717) is 5.56 Å². The topological polar surface area (TPSA) is 86.7 Å². The van der Waals surface area contributed by atoms with Gasteiger partial charge in [-0.25, -0.2) is 9.59 Å². The molecule has 0 aliphatic heterocycles. The molecule has 120 valence electrons. The van der Waals surface area contributed by atoms with Crippen LogP contribution in [0.3, 0.4) is 0 Å². The maximum atomic E-state index is 12.6. The Morgan fingerprint density at radius 2 is 1.46 bits per heavy atom. The molecule has 0 saturated carbocycles. The van der Waals surface area contributed by atoms with Crippen molar-refractivity contribution >= 4 is 23.7 Å². The van der Waals surface area contributed by atoms with E-state index in [1.807, 2.05) is 0 Å². The molecule has 0 aromatic heterocycles. The molecule has 0 amide bonds. The van der Waals surface area contributed by atoms with Crippen LogP contribution in [0, 0.1) is 0 Å². The number of rotatable bonds is 2. The second-order valence-electron chi connectivity index (χ2n) is 5.04. The number of carbonyl (C=O) groups is 4. The Kier molecular flexibility index (Phi) is 3.95. The van der Waals surface area contributed by atoms with Crippen molar-refractivity contribution in [3.05, 3.63) is 70.3 Å². The van der Waals surface area contributed by atoms with Crippen LogP contribution in [0.15, 0.2) is 42.5 Å². The van der Waals surface area contributed by atoms with Gasteiger partial charge >= 0.3 is 12.1 Å². The highest BCUT2D eigenvalue weighted by Crippen LogP contribution is 2.28. The first-order chi connectivity index (χ1) is 11.5. The van der Waals surface area contributed by atoms with E-state index in [9.17, 15) is 19.2 Å². The fourth-order valence-electron chi connectivity index (χ4n) is 2.51. The number of hydrogen-bond acceptors (Lipinski definition) is 6. The van der Waals surface area contributed by atoms with Crippen molar-refractivity contribution in [2.75, 3.05) is 6.61 Å². The van der Waals surface area contributed by atoms with Crippen molar-refractivity contribution in [3.8, 4) is 0 Å². The third kappa shape index (κ3) is 2.58. The summed E-state index contributed by atoms with van der Waals surface area (Å²) in [5.74, 6) is -1.59. The van der Waals surface area contributed by atoms with Gasteiger partial charge in [0.05, 0.1) is 12.2 Å². The fraction of sp³-hybridized carbons (Fsp3) is 0.111. The highest BCUT2D eigenvalue weighted by atomic mass is 16.7. The molecule has 0 fully saturated rings. The van der Waals surface area contributed by atoms with E-state index < -0.39 is 12.1 Å². The Hall–Kier alpha value is -3.28. The number of fused-ring (bicyclic) bond motifs is 2. The van der Waals surface area contributed by atoms with Gasteiger partial charge in [0, 0.05) is 22.3 Å². The lowest BCUT2D eigenvalue weighted by Crippen LogP contribution is -2.22. The predicted octanol–water partition coefficient (Wildman–Crippen LogP) is 2.78. The number of hydrogen-bond donors (Lipinski definition) is 0. The summed E-state index contributed by atoms with van der Waals surface area (Å²) in [5, 5.41) is 0. The lowest BCUT2D eigenvalue weighted by molar-refractivity contribution is 0.0401. The van der Waals surface area contributed by atoms with E-state index in [4.69, 9.17) is 0 Å². The predicted molar refractivity (Wildman–Crippen MR) is 82.2 cm³/mol. The van der Waals surface area contributed by atoms with Crippen molar-refractivity contribution in [1.82, 2.24) is 0 Å². The highest BCUT2D eigenvalue weighted by Gasteiger charge is 2.30. The molecule has 0 atom stereocenters. The average molecular weight is 324 g/mol. The largest absolute Gasteiger partial charge is 0.516 e. The summed E-state index contributed by atoms with van der Waals surface area (Å²) >= 11 is 0. The van der Waals surface area contributed by atoms with Crippen LogP contribution in [0.2, 0.25) is 0 Å². The normalized spacial score (nSPS) is 12.2. The molecule has 3 rings (SSSR count). The molecule has 1 aliphatic rings. The van der Waals surface area contributed by atoms with Crippen LogP contribution in [-0.4, -0.2) is 30.3 Å². The Morgan fingerprint density at radius 3 is 2.08 bits per heavy atom. The molecule has 0 saturated heterocycles. The van der Waals surface area contributed by atoms with Crippen molar-refractivity contribution in [2.45, 2.75) is 6.92 Å². The molecule has 2 aromatic rings. The Labute approximate surface area is 137 Å². The van der Waals surface area contributed by atoms with Gasteiger partial charge < -0.3 is 9.47 Å². The number of ketones is 2. The second-order valence-corrected chi connectivity index (χ2v) is 5.04.